The number of para-hydroxylation sites is 1. The van der Waals surface area contributed by atoms with Gasteiger partial charge in [-0.05, 0) is 30.3 Å². The van der Waals surface area contributed by atoms with E-state index in [-0.39, 0.29) is 11.5 Å². The predicted octanol–water partition coefficient (Wildman–Crippen LogP) is 3.14. The molecule has 2 rings (SSSR count). The van der Waals surface area contributed by atoms with Gasteiger partial charge in [0.25, 0.3) is 0 Å². The summed E-state index contributed by atoms with van der Waals surface area (Å²) >= 11 is 0. The van der Waals surface area contributed by atoms with Crippen LogP contribution in [0.4, 0.5) is 5.69 Å². The quantitative estimate of drug-likeness (QED) is 0.895. The smallest absolute Gasteiger partial charge is 0.335 e. The summed E-state index contributed by atoms with van der Waals surface area (Å²) in [6, 6.07) is 13.3. The van der Waals surface area contributed by atoms with Crippen molar-refractivity contribution in [2.75, 3.05) is 5.32 Å². The van der Waals surface area contributed by atoms with E-state index in [0.29, 0.717) is 17.2 Å². The molecule has 0 spiro atoms. The number of hydrogen-bond donors (Lipinski definition) is 2. The van der Waals surface area contributed by atoms with E-state index in [1.54, 1.807) is 12.1 Å². The molecule has 0 fully saturated rings. The van der Waals surface area contributed by atoms with Crippen LogP contribution in [0.25, 0.3) is 0 Å². The van der Waals surface area contributed by atoms with E-state index in [1.807, 2.05) is 18.2 Å². The summed E-state index contributed by atoms with van der Waals surface area (Å²) in [5.41, 5.74) is 0.399. The molecule has 0 unspecified atom stereocenters. The SMILES string of the molecule is CC(=O)Nc1cc(C(=O)O)ccc1Oc1ccccc1. The first kappa shape index (κ1) is 13.6. The molecule has 1 amide bonds. The Labute approximate surface area is 115 Å². The van der Waals surface area contributed by atoms with Crippen LogP contribution in [0, 0.1) is 0 Å². The first-order valence-corrected chi connectivity index (χ1v) is 5.94. The number of hydrogen-bond acceptors (Lipinski definition) is 3. The van der Waals surface area contributed by atoms with Gasteiger partial charge in [0.15, 0.2) is 5.75 Å². The first-order chi connectivity index (χ1) is 9.56. The molecule has 0 saturated heterocycles. The maximum Gasteiger partial charge on any atom is 0.335 e. The average molecular weight is 271 g/mol. The molecule has 0 saturated carbocycles. The largest absolute Gasteiger partial charge is 0.478 e. The Bertz CT molecular complexity index is 638. The summed E-state index contributed by atoms with van der Waals surface area (Å²) in [5.74, 6) is -0.383. The zero-order valence-corrected chi connectivity index (χ0v) is 10.8. The summed E-state index contributed by atoms with van der Waals surface area (Å²) in [4.78, 5) is 22.1. The molecule has 0 atom stereocenters. The summed E-state index contributed by atoms with van der Waals surface area (Å²) in [6.45, 7) is 1.35. The Morgan fingerprint density at radius 1 is 1.10 bits per heavy atom. The predicted molar refractivity (Wildman–Crippen MR) is 74.2 cm³/mol. The third-order valence-corrected chi connectivity index (χ3v) is 2.51. The number of carboxylic acids is 1. The highest BCUT2D eigenvalue weighted by Crippen LogP contribution is 2.30. The molecule has 2 aromatic carbocycles. The highest BCUT2D eigenvalue weighted by molar-refractivity contribution is 5.94. The zero-order valence-electron chi connectivity index (χ0n) is 10.8. The van der Waals surface area contributed by atoms with Crippen LogP contribution in [0.15, 0.2) is 48.5 Å². The van der Waals surface area contributed by atoms with Crippen LogP contribution >= 0.6 is 0 Å². The number of carbonyl (C=O) groups excluding carboxylic acids is 1. The molecule has 0 radical (unpaired) electrons. The number of carbonyl (C=O) groups is 2. The first-order valence-electron chi connectivity index (χ1n) is 5.94. The van der Waals surface area contributed by atoms with Crippen molar-refractivity contribution >= 4 is 17.6 Å². The molecule has 102 valence electrons. The van der Waals surface area contributed by atoms with Gasteiger partial charge < -0.3 is 15.2 Å². The summed E-state index contributed by atoms with van der Waals surface area (Å²) in [7, 11) is 0. The number of anilines is 1. The third-order valence-electron chi connectivity index (χ3n) is 2.51. The van der Waals surface area contributed by atoms with E-state index in [4.69, 9.17) is 9.84 Å². The van der Waals surface area contributed by atoms with Crippen LogP contribution in [0.5, 0.6) is 11.5 Å². The second-order valence-electron chi connectivity index (χ2n) is 4.11. The molecular weight excluding hydrogens is 258 g/mol. The molecule has 20 heavy (non-hydrogen) atoms. The van der Waals surface area contributed by atoms with Gasteiger partial charge in [0.1, 0.15) is 5.75 Å². The van der Waals surface area contributed by atoms with Gasteiger partial charge in [-0.25, -0.2) is 4.79 Å². The minimum atomic E-state index is -1.07. The van der Waals surface area contributed by atoms with Crippen LogP contribution in [0.3, 0.4) is 0 Å². The lowest BCUT2D eigenvalue weighted by molar-refractivity contribution is -0.114. The molecule has 2 N–H and O–H groups in total. The topological polar surface area (TPSA) is 75.6 Å². The fraction of sp³-hybridized carbons (Fsp3) is 0.0667. The number of ether oxygens (including phenoxy) is 1. The van der Waals surface area contributed by atoms with Crippen molar-refractivity contribution in [3.05, 3.63) is 54.1 Å². The van der Waals surface area contributed by atoms with Crippen molar-refractivity contribution < 1.29 is 19.4 Å². The van der Waals surface area contributed by atoms with Crippen molar-refractivity contribution in [1.82, 2.24) is 0 Å². The van der Waals surface area contributed by atoms with Crippen molar-refractivity contribution in [3.8, 4) is 11.5 Å². The summed E-state index contributed by atoms with van der Waals surface area (Å²) in [6.07, 6.45) is 0. The number of rotatable bonds is 4. The molecule has 0 heterocycles. The maximum absolute atomic E-state index is 11.2. The standard InChI is InChI=1S/C15H13NO4/c1-10(17)16-13-9-11(15(18)19)7-8-14(13)20-12-5-3-2-4-6-12/h2-9H,1H3,(H,16,17)(H,18,19). The average Bonchev–Trinajstić information content (AvgIpc) is 2.41. The van der Waals surface area contributed by atoms with Gasteiger partial charge in [0, 0.05) is 6.92 Å². The van der Waals surface area contributed by atoms with E-state index < -0.39 is 5.97 Å². The lowest BCUT2D eigenvalue weighted by atomic mass is 10.2. The van der Waals surface area contributed by atoms with Crippen LogP contribution < -0.4 is 10.1 Å². The lowest BCUT2D eigenvalue weighted by Crippen LogP contribution is -2.08. The Hall–Kier alpha value is -2.82. The monoisotopic (exact) mass is 271 g/mol. The highest BCUT2D eigenvalue weighted by Gasteiger charge is 2.11. The molecule has 5 nitrogen and oxygen atoms in total. The molecule has 0 bridgehead atoms. The van der Waals surface area contributed by atoms with Crippen molar-refractivity contribution in [2.24, 2.45) is 0 Å². The fourth-order valence-electron chi connectivity index (χ4n) is 1.65. The Morgan fingerprint density at radius 2 is 1.80 bits per heavy atom. The molecule has 5 heteroatoms. The molecule has 0 aliphatic heterocycles. The van der Waals surface area contributed by atoms with Crippen LogP contribution in [0.1, 0.15) is 17.3 Å². The van der Waals surface area contributed by atoms with Crippen LogP contribution in [-0.4, -0.2) is 17.0 Å². The van der Waals surface area contributed by atoms with Gasteiger partial charge in [-0.15, -0.1) is 0 Å². The Balaban J connectivity index is 2.36. The molecule has 0 aliphatic rings. The Morgan fingerprint density at radius 3 is 2.40 bits per heavy atom. The van der Waals surface area contributed by atoms with Gasteiger partial charge in [0.05, 0.1) is 11.3 Å². The number of benzene rings is 2. The molecular formula is C15H13NO4. The van der Waals surface area contributed by atoms with Gasteiger partial charge in [-0.1, -0.05) is 18.2 Å². The minimum Gasteiger partial charge on any atom is -0.478 e. The Kier molecular flexibility index (Phi) is 4.00. The van der Waals surface area contributed by atoms with Crippen LogP contribution in [0.2, 0.25) is 0 Å². The van der Waals surface area contributed by atoms with Gasteiger partial charge in [-0.3, -0.25) is 4.79 Å². The zero-order chi connectivity index (χ0) is 14.5. The van der Waals surface area contributed by atoms with Crippen molar-refractivity contribution in [1.29, 1.82) is 0 Å². The number of nitrogens with one attached hydrogen (secondary N) is 1. The van der Waals surface area contributed by atoms with Gasteiger partial charge >= 0.3 is 5.97 Å². The minimum absolute atomic E-state index is 0.0779. The van der Waals surface area contributed by atoms with E-state index in [2.05, 4.69) is 5.32 Å². The summed E-state index contributed by atoms with van der Waals surface area (Å²) < 4.78 is 5.64. The highest BCUT2D eigenvalue weighted by atomic mass is 16.5. The van der Waals surface area contributed by atoms with Gasteiger partial charge in [0.2, 0.25) is 5.91 Å². The molecule has 0 aromatic heterocycles. The second-order valence-corrected chi connectivity index (χ2v) is 4.11. The number of amides is 1. The van der Waals surface area contributed by atoms with E-state index in [9.17, 15) is 9.59 Å². The van der Waals surface area contributed by atoms with E-state index in [0.717, 1.165) is 0 Å². The number of aromatic carboxylic acids is 1. The summed E-state index contributed by atoms with van der Waals surface area (Å²) in [5, 5.41) is 11.5. The molecule has 2 aromatic rings. The maximum atomic E-state index is 11.2. The second kappa shape index (κ2) is 5.88. The normalized spacial score (nSPS) is 9.85. The fourth-order valence-corrected chi connectivity index (χ4v) is 1.65. The van der Waals surface area contributed by atoms with E-state index in [1.165, 1.54) is 25.1 Å². The lowest BCUT2D eigenvalue weighted by Gasteiger charge is -2.12. The molecule has 0 aliphatic carbocycles. The van der Waals surface area contributed by atoms with Gasteiger partial charge in [-0.2, -0.15) is 0 Å². The van der Waals surface area contributed by atoms with Crippen molar-refractivity contribution in [2.45, 2.75) is 6.92 Å². The van der Waals surface area contributed by atoms with E-state index >= 15 is 0 Å². The van der Waals surface area contributed by atoms with Crippen molar-refractivity contribution in [3.63, 3.8) is 0 Å². The third kappa shape index (κ3) is 3.35. The van der Waals surface area contributed by atoms with Crippen LogP contribution in [-0.2, 0) is 4.79 Å². The number of carboxylic acid groups (broad SMARTS) is 1.